The Morgan fingerprint density at radius 2 is 1.68 bits per heavy atom. The van der Waals surface area contributed by atoms with Gasteiger partial charge in [0.25, 0.3) is 17.4 Å². The minimum atomic E-state index is -0.959. The number of carbonyl (C=O) groups excluding carboxylic acids is 2. The van der Waals surface area contributed by atoms with Crippen molar-refractivity contribution in [3.8, 4) is 0 Å². The lowest BCUT2D eigenvalue weighted by molar-refractivity contribution is -0.384. The number of ketones is 1. The molecule has 38 heavy (non-hydrogen) atoms. The van der Waals surface area contributed by atoms with E-state index in [9.17, 15) is 24.8 Å². The highest BCUT2D eigenvalue weighted by Crippen LogP contribution is 2.42. The maximum Gasteiger partial charge on any atom is 0.295 e. The van der Waals surface area contributed by atoms with Crippen LogP contribution < -0.4 is 0 Å². The molecule has 0 spiro atoms. The maximum atomic E-state index is 13.3. The molecular formula is C28H33Cl2N3O5. The van der Waals surface area contributed by atoms with Crippen LogP contribution in [-0.4, -0.2) is 57.7 Å². The van der Waals surface area contributed by atoms with Crippen LogP contribution in [0.2, 0.25) is 10.0 Å². The Kier molecular flexibility index (Phi) is 10.7. The quantitative estimate of drug-likeness (QED) is 0.0968. The molecule has 1 atom stereocenters. The van der Waals surface area contributed by atoms with Crippen LogP contribution >= 0.6 is 23.2 Å². The summed E-state index contributed by atoms with van der Waals surface area (Å²) >= 11 is 12.6. The fourth-order valence-electron chi connectivity index (χ4n) is 4.64. The first kappa shape index (κ1) is 29.6. The van der Waals surface area contributed by atoms with Crippen molar-refractivity contribution in [3.05, 3.63) is 79.3 Å². The number of nitrogens with zero attached hydrogens (tertiary/aromatic N) is 3. The summed E-state index contributed by atoms with van der Waals surface area (Å²) in [5.74, 6) is -2.10. The van der Waals surface area contributed by atoms with E-state index in [-0.39, 0.29) is 28.4 Å². The molecule has 1 heterocycles. The van der Waals surface area contributed by atoms with E-state index in [1.54, 1.807) is 12.1 Å². The Hall–Kier alpha value is -2.94. The van der Waals surface area contributed by atoms with Gasteiger partial charge in [0.1, 0.15) is 5.76 Å². The molecule has 0 radical (unpaired) electrons. The summed E-state index contributed by atoms with van der Waals surface area (Å²) < 4.78 is 0. The number of Topliss-reactive ketones (excluding diaryl/α,β-unsaturated/α-hetero) is 1. The Balaban J connectivity index is 1.99. The Bertz CT molecular complexity index is 1210. The topological polar surface area (TPSA) is 104 Å². The molecule has 0 aliphatic carbocycles. The number of nitro benzene ring substituents is 1. The predicted octanol–water partition coefficient (Wildman–Crippen LogP) is 6.62. The number of aliphatic hydroxyl groups is 1. The van der Waals surface area contributed by atoms with Crippen molar-refractivity contribution in [1.29, 1.82) is 0 Å². The van der Waals surface area contributed by atoms with Crippen LogP contribution in [0.25, 0.3) is 5.76 Å². The molecule has 2 aromatic rings. The number of nitro groups is 1. The lowest BCUT2D eigenvalue weighted by Crippen LogP contribution is -2.34. The van der Waals surface area contributed by atoms with Crippen LogP contribution in [0.4, 0.5) is 5.69 Å². The number of carbonyl (C=O) groups is 2. The van der Waals surface area contributed by atoms with Gasteiger partial charge in [-0.2, -0.15) is 0 Å². The zero-order chi connectivity index (χ0) is 27.8. The van der Waals surface area contributed by atoms with Crippen LogP contribution in [0.15, 0.2) is 48.0 Å². The van der Waals surface area contributed by atoms with Crippen molar-refractivity contribution in [3.63, 3.8) is 0 Å². The summed E-state index contributed by atoms with van der Waals surface area (Å²) in [5, 5.41) is 23.1. The highest BCUT2D eigenvalue weighted by Gasteiger charge is 2.46. The summed E-state index contributed by atoms with van der Waals surface area (Å²) in [6.45, 7) is 7.26. The van der Waals surface area contributed by atoms with Crippen molar-refractivity contribution in [2.24, 2.45) is 0 Å². The van der Waals surface area contributed by atoms with Crippen molar-refractivity contribution in [1.82, 2.24) is 9.80 Å². The third-order valence-electron chi connectivity index (χ3n) is 6.66. The van der Waals surface area contributed by atoms with Gasteiger partial charge in [-0.1, -0.05) is 68.1 Å². The third-order valence-corrected chi connectivity index (χ3v) is 7.22. The SMILES string of the molecule is CCCCN(CCCC)CCCN1C(=O)C(=O)C(=C(O)c2cccc([N+](=O)[O-])c2)[C@H]1c1ccc(Cl)cc1Cl. The van der Waals surface area contributed by atoms with E-state index < -0.39 is 28.4 Å². The zero-order valence-corrected chi connectivity index (χ0v) is 23.2. The molecule has 3 rings (SSSR count). The maximum absolute atomic E-state index is 13.3. The summed E-state index contributed by atoms with van der Waals surface area (Å²) in [5.41, 5.74) is 0.103. The van der Waals surface area contributed by atoms with Gasteiger partial charge in [0.2, 0.25) is 0 Å². The number of hydrogen-bond donors (Lipinski definition) is 1. The number of rotatable bonds is 13. The van der Waals surface area contributed by atoms with Crippen molar-refractivity contribution >= 4 is 46.3 Å². The molecule has 204 valence electrons. The first-order valence-corrected chi connectivity index (χ1v) is 13.7. The van der Waals surface area contributed by atoms with E-state index in [1.165, 1.54) is 35.2 Å². The molecule has 2 aromatic carbocycles. The van der Waals surface area contributed by atoms with Gasteiger partial charge in [-0.05, 0) is 56.6 Å². The molecular weight excluding hydrogens is 529 g/mol. The van der Waals surface area contributed by atoms with Gasteiger partial charge in [0.15, 0.2) is 0 Å². The lowest BCUT2D eigenvalue weighted by Gasteiger charge is -2.28. The Morgan fingerprint density at radius 3 is 2.29 bits per heavy atom. The molecule has 0 bridgehead atoms. The van der Waals surface area contributed by atoms with Crippen molar-refractivity contribution < 1.29 is 19.6 Å². The molecule has 1 saturated heterocycles. The van der Waals surface area contributed by atoms with Crippen molar-refractivity contribution in [2.75, 3.05) is 26.2 Å². The number of amides is 1. The summed E-state index contributed by atoms with van der Waals surface area (Å²) in [7, 11) is 0. The number of benzene rings is 2. The van der Waals surface area contributed by atoms with E-state index in [4.69, 9.17) is 23.2 Å². The number of aliphatic hydroxyl groups excluding tert-OH is 1. The third kappa shape index (κ3) is 6.92. The fourth-order valence-corrected chi connectivity index (χ4v) is 5.15. The zero-order valence-electron chi connectivity index (χ0n) is 21.7. The predicted molar refractivity (Wildman–Crippen MR) is 149 cm³/mol. The second kappa shape index (κ2) is 13.7. The van der Waals surface area contributed by atoms with Crippen LogP contribution in [0, 0.1) is 10.1 Å². The average Bonchev–Trinajstić information content (AvgIpc) is 3.14. The molecule has 1 aliphatic heterocycles. The largest absolute Gasteiger partial charge is 0.507 e. The average molecular weight is 562 g/mol. The van der Waals surface area contributed by atoms with Gasteiger partial charge in [-0.15, -0.1) is 0 Å². The van der Waals surface area contributed by atoms with E-state index in [0.717, 1.165) is 45.3 Å². The van der Waals surface area contributed by atoms with Crippen molar-refractivity contribution in [2.45, 2.75) is 52.0 Å². The number of unbranched alkanes of at least 4 members (excludes halogenated alkanes) is 2. The van der Waals surface area contributed by atoms with Crippen LogP contribution in [-0.2, 0) is 9.59 Å². The fraction of sp³-hybridized carbons (Fsp3) is 0.429. The number of likely N-dealkylation sites (tertiary alicyclic amines) is 1. The first-order chi connectivity index (χ1) is 18.2. The molecule has 1 fully saturated rings. The molecule has 0 saturated carbocycles. The van der Waals surface area contributed by atoms with Crippen LogP contribution in [0.3, 0.4) is 0 Å². The van der Waals surface area contributed by atoms with Gasteiger partial charge in [-0.25, -0.2) is 0 Å². The van der Waals surface area contributed by atoms with Gasteiger partial charge < -0.3 is 14.9 Å². The van der Waals surface area contributed by atoms with Crippen LogP contribution in [0.5, 0.6) is 0 Å². The molecule has 1 aliphatic rings. The van der Waals surface area contributed by atoms with Gasteiger partial charge in [0, 0.05) is 34.3 Å². The highest BCUT2D eigenvalue weighted by molar-refractivity contribution is 6.47. The summed E-state index contributed by atoms with van der Waals surface area (Å²) in [4.78, 5) is 41.0. The highest BCUT2D eigenvalue weighted by atomic mass is 35.5. The normalized spacial score (nSPS) is 17.0. The van der Waals surface area contributed by atoms with E-state index in [2.05, 4.69) is 18.7 Å². The van der Waals surface area contributed by atoms with Crippen LogP contribution in [0.1, 0.15) is 63.1 Å². The van der Waals surface area contributed by atoms with Gasteiger partial charge in [-0.3, -0.25) is 19.7 Å². The molecule has 1 N–H and O–H groups in total. The first-order valence-electron chi connectivity index (χ1n) is 12.9. The summed E-state index contributed by atoms with van der Waals surface area (Å²) in [6, 6.07) is 9.11. The molecule has 0 aromatic heterocycles. The number of non-ortho nitro benzene ring substituents is 1. The van der Waals surface area contributed by atoms with E-state index in [0.29, 0.717) is 17.0 Å². The smallest absolute Gasteiger partial charge is 0.295 e. The lowest BCUT2D eigenvalue weighted by atomic mass is 9.95. The Labute approximate surface area is 233 Å². The van der Waals surface area contributed by atoms with E-state index in [1.807, 2.05) is 0 Å². The monoisotopic (exact) mass is 561 g/mol. The molecule has 0 unspecified atom stereocenters. The second-order valence-electron chi connectivity index (χ2n) is 9.37. The Morgan fingerprint density at radius 1 is 1.03 bits per heavy atom. The summed E-state index contributed by atoms with van der Waals surface area (Å²) in [6.07, 6.45) is 4.96. The number of hydrogen-bond acceptors (Lipinski definition) is 6. The second-order valence-corrected chi connectivity index (χ2v) is 10.2. The minimum absolute atomic E-state index is 0.0672. The van der Waals surface area contributed by atoms with Gasteiger partial charge in [0.05, 0.1) is 16.5 Å². The number of halogens is 2. The van der Waals surface area contributed by atoms with Gasteiger partial charge >= 0.3 is 0 Å². The molecule has 10 heteroatoms. The minimum Gasteiger partial charge on any atom is -0.507 e. The molecule has 8 nitrogen and oxygen atoms in total. The standard InChI is InChI=1S/C28H33Cl2N3O5/c1-3-5-13-31(14-6-4-2)15-8-16-32-25(22-12-11-20(29)18-23(22)30)24(27(35)28(32)36)26(34)19-9-7-10-21(17-19)33(37)38/h7,9-12,17-18,25,34H,3-6,8,13-16H2,1-2H3/t25-/m1/s1. The molecule has 1 amide bonds. The van der Waals surface area contributed by atoms with E-state index >= 15 is 0 Å².